The van der Waals surface area contributed by atoms with Gasteiger partial charge >= 0.3 is 5.97 Å². The van der Waals surface area contributed by atoms with Gasteiger partial charge in [-0.2, -0.15) is 0 Å². The van der Waals surface area contributed by atoms with Crippen LogP contribution in [-0.4, -0.2) is 17.7 Å². The van der Waals surface area contributed by atoms with Gasteiger partial charge in [-0.3, -0.25) is 0 Å². The molecule has 0 amide bonds. The van der Waals surface area contributed by atoms with Gasteiger partial charge in [0.25, 0.3) is 0 Å². The van der Waals surface area contributed by atoms with Gasteiger partial charge in [0.1, 0.15) is 5.82 Å². The van der Waals surface area contributed by atoms with E-state index in [1.807, 2.05) is 0 Å². The van der Waals surface area contributed by atoms with Crippen LogP contribution in [-0.2, 0) is 11.3 Å². The van der Waals surface area contributed by atoms with Crippen LogP contribution in [0.25, 0.3) is 0 Å². The Kier molecular flexibility index (Phi) is 7.23. The van der Waals surface area contributed by atoms with Crippen molar-refractivity contribution in [2.75, 3.05) is 6.61 Å². The number of rotatable bonds is 9. The van der Waals surface area contributed by atoms with E-state index in [4.69, 9.17) is 9.84 Å². The zero-order valence-corrected chi connectivity index (χ0v) is 12.2. The van der Waals surface area contributed by atoms with Gasteiger partial charge in [0.2, 0.25) is 0 Å². The number of ether oxygens (including phenoxy) is 1. The number of carboxylic acids is 1. The fourth-order valence-corrected chi connectivity index (χ4v) is 2.10. The molecule has 20 heavy (non-hydrogen) atoms. The van der Waals surface area contributed by atoms with Crippen LogP contribution < -0.4 is 0 Å². The summed E-state index contributed by atoms with van der Waals surface area (Å²) in [5.41, 5.74) is 0.523. The minimum absolute atomic E-state index is 0.0402. The number of unbranched alkanes of at least 4 members (excludes halogenated alkanes) is 1. The van der Waals surface area contributed by atoms with Crippen molar-refractivity contribution in [3.63, 3.8) is 0 Å². The van der Waals surface area contributed by atoms with E-state index in [0.29, 0.717) is 18.1 Å². The molecule has 4 heteroatoms. The molecule has 0 aliphatic heterocycles. The topological polar surface area (TPSA) is 46.5 Å². The van der Waals surface area contributed by atoms with E-state index in [1.54, 1.807) is 0 Å². The third kappa shape index (κ3) is 5.70. The van der Waals surface area contributed by atoms with Gasteiger partial charge in [-0.25, -0.2) is 9.18 Å². The fourth-order valence-electron chi connectivity index (χ4n) is 2.10. The second-order valence-electron chi connectivity index (χ2n) is 5.08. The van der Waals surface area contributed by atoms with Crippen LogP contribution in [0.3, 0.4) is 0 Å². The average Bonchev–Trinajstić information content (AvgIpc) is 2.42. The van der Waals surface area contributed by atoms with Gasteiger partial charge in [0.15, 0.2) is 0 Å². The lowest BCUT2D eigenvalue weighted by Crippen LogP contribution is -2.09. The standard InChI is InChI=1S/C16H23FO3/c1-3-5-6-12(4-2)10-20-11-13-7-14(16(18)19)9-15(17)8-13/h7-9,12H,3-6,10-11H2,1-2H3,(H,18,19). The van der Waals surface area contributed by atoms with Crippen LogP contribution in [0.1, 0.15) is 55.5 Å². The van der Waals surface area contributed by atoms with E-state index < -0.39 is 11.8 Å². The molecule has 0 spiro atoms. The van der Waals surface area contributed by atoms with Crippen molar-refractivity contribution in [3.05, 3.63) is 35.1 Å². The Labute approximate surface area is 119 Å². The van der Waals surface area contributed by atoms with Crippen molar-refractivity contribution in [2.45, 2.75) is 46.1 Å². The summed E-state index contributed by atoms with van der Waals surface area (Å²) in [6.07, 6.45) is 4.55. The summed E-state index contributed by atoms with van der Waals surface area (Å²) in [5.74, 6) is -1.15. The van der Waals surface area contributed by atoms with Crippen molar-refractivity contribution < 1.29 is 19.0 Å². The molecule has 1 N–H and O–H groups in total. The minimum Gasteiger partial charge on any atom is -0.478 e. The maximum absolute atomic E-state index is 13.3. The summed E-state index contributed by atoms with van der Waals surface area (Å²) in [7, 11) is 0. The zero-order valence-electron chi connectivity index (χ0n) is 12.2. The smallest absolute Gasteiger partial charge is 0.335 e. The van der Waals surface area contributed by atoms with Crippen LogP contribution in [0.4, 0.5) is 4.39 Å². The molecule has 0 aliphatic carbocycles. The van der Waals surface area contributed by atoms with E-state index in [9.17, 15) is 9.18 Å². The van der Waals surface area contributed by atoms with Gasteiger partial charge in [-0.15, -0.1) is 0 Å². The first-order valence-corrected chi connectivity index (χ1v) is 7.17. The summed E-state index contributed by atoms with van der Waals surface area (Å²) in [6.45, 7) is 5.18. The molecule has 1 aromatic carbocycles. The normalized spacial score (nSPS) is 12.3. The first kappa shape index (κ1) is 16.6. The number of carboxylic acid groups (broad SMARTS) is 1. The second kappa shape index (κ2) is 8.69. The molecule has 0 radical (unpaired) electrons. The van der Waals surface area contributed by atoms with Crippen molar-refractivity contribution >= 4 is 5.97 Å². The molecule has 0 bridgehead atoms. The third-order valence-electron chi connectivity index (χ3n) is 3.37. The highest BCUT2D eigenvalue weighted by atomic mass is 19.1. The van der Waals surface area contributed by atoms with Crippen LogP contribution in [0.5, 0.6) is 0 Å². The second-order valence-corrected chi connectivity index (χ2v) is 5.08. The first-order chi connectivity index (χ1) is 9.56. The monoisotopic (exact) mass is 282 g/mol. The summed E-state index contributed by atoms with van der Waals surface area (Å²) in [4.78, 5) is 10.8. The molecular formula is C16H23FO3. The Morgan fingerprint density at radius 2 is 2.10 bits per heavy atom. The summed E-state index contributed by atoms with van der Waals surface area (Å²) >= 11 is 0. The molecular weight excluding hydrogens is 259 g/mol. The van der Waals surface area contributed by atoms with E-state index >= 15 is 0 Å². The lowest BCUT2D eigenvalue weighted by atomic mass is 10.0. The molecule has 0 heterocycles. The molecule has 1 aromatic rings. The molecule has 0 fully saturated rings. The number of carbonyl (C=O) groups is 1. The van der Waals surface area contributed by atoms with Crippen LogP contribution in [0, 0.1) is 11.7 Å². The third-order valence-corrected chi connectivity index (χ3v) is 3.37. The van der Waals surface area contributed by atoms with Crippen LogP contribution >= 0.6 is 0 Å². The summed E-state index contributed by atoms with van der Waals surface area (Å²) < 4.78 is 18.9. The quantitative estimate of drug-likeness (QED) is 0.736. The van der Waals surface area contributed by atoms with Crippen LogP contribution in [0.2, 0.25) is 0 Å². The van der Waals surface area contributed by atoms with Gasteiger partial charge in [0, 0.05) is 6.61 Å². The molecule has 3 nitrogen and oxygen atoms in total. The molecule has 112 valence electrons. The minimum atomic E-state index is -1.12. The van der Waals surface area contributed by atoms with E-state index in [2.05, 4.69) is 13.8 Å². The average molecular weight is 282 g/mol. The molecule has 0 saturated carbocycles. The number of benzene rings is 1. The maximum atomic E-state index is 13.3. The maximum Gasteiger partial charge on any atom is 0.335 e. The Hall–Kier alpha value is -1.42. The van der Waals surface area contributed by atoms with Gasteiger partial charge in [-0.05, 0) is 36.1 Å². The fraction of sp³-hybridized carbons (Fsp3) is 0.562. The molecule has 0 aromatic heterocycles. The summed E-state index contributed by atoms with van der Waals surface area (Å²) in [5, 5.41) is 8.88. The highest BCUT2D eigenvalue weighted by Crippen LogP contribution is 2.15. The van der Waals surface area contributed by atoms with Gasteiger partial charge in [0.05, 0.1) is 12.2 Å². The zero-order chi connectivity index (χ0) is 15.0. The molecule has 1 unspecified atom stereocenters. The predicted octanol–water partition coefficient (Wildman–Crippen LogP) is 4.26. The summed E-state index contributed by atoms with van der Waals surface area (Å²) in [6, 6.07) is 3.79. The van der Waals surface area contributed by atoms with Crippen molar-refractivity contribution in [1.82, 2.24) is 0 Å². The van der Waals surface area contributed by atoms with Crippen LogP contribution in [0.15, 0.2) is 18.2 Å². The highest BCUT2D eigenvalue weighted by Gasteiger charge is 2.09. The SMILES string of the molecule is CCCCC(CC)COCc1cc(F)cc(C(=O)O)c1. The molecule has 1 atom stereocenters. The van der Waals surface area contributed by atoms with E-state index in [1.165, 1.54) is 25.0 Å². The molecule has 0 aliphatic rings. The Balaban J connectivity index is 2.50. The number of aromatic carboxylic acids is 1. The molecule has 0 saturated heterocycles. The largest absolute Gasteiger partial charge is 0.478 e. The lowest BCUT2D eigenvalue weighted by Gasteiger charge is -2.14. The van der Waals surface area contributed by atoms with Crippen molar-refractivity contribution in [2.24, 2.45) is 5.92 Å². The first-order valence-electron chi connectivity index (χ1n) is 7.17. The Morgan fingerprint density at radius 1 is 1.35 bits per heavy atom. The van der Waals surface area contributed by atoms with E-state index in [0.717, 1.165) is 18.9 Å². The number of hydrogen-bond donors (Lipinski definition) is 1. The van der Waals surface area contributed by atoms with E-state index in [-0.39, 0.29) is 12.2 Å². The number of hydrogen-bond acceptors (Lipinski definition) is 2. The lowest BCUT2D eigenvalue weighted by molar-refractivity contribution is 0.0694. The number of halogens is 1. The predicted molar refractivity (Wildman–Crippen MR) is 76.3 cm³/mol. The highest BCUT2D eigenvalue weighted by molar-refractivity contribution is 5.87. The molecule has 1 rings (SSSR count). The Bertz CT molecular complexity index is 432. The van der Waals surface area contributed by atoms with Crippen molar-refractivity contribution in [3.8, 4) is 0 Å². The van der Waals surface area contributed by atoms with Crippen molar-refractivity contribution in [1.29, 1.82) is 0 Å². The Morgan fingerprint density at radius 3 is 2.70 bits per heavy atom. The van der Waals surface area contributed by atoms with Gasteiger partial charge < -0.3 is 9.84 Å². The van der Waals surface area contributed by atoms with Gasteiger partial charge in [-0.1, -0.05) is 33.1 Å².